The Morgan fingerprint density at radius 2 is 1.79 bits per heavy atom. The van der Waals surface area contributed by atoms with Crippen molar-refractivity contribution in [3.05, 3.63) is 71.4 Å². The number of rotatable bonds is 3. The molecule has 1 fully saturated rings. The van der Waals surface area contributed by atoms with Gasteiger partial charge < -0.3 is 9.42 Å². The molecule has 150 valence electrons. The van der Waals surface area contributed by atoms with E-state index in [9.17, 15) is 18.0 Å². The third-order valence-corrected chi connectivity index (χ3v) is 5.59. The molecular formula is C21H18F3N3O2. The Kier molecular flexibility index (Phi) is 4.64. The predicted molar refractivity (Wildman–Crippen MR) is 98.5 cm³/mol. The van der Waals surface area contributed by atoms with E-state index in [1.165, 1.54) is 6.39 Å². The summed E-state index contributed by atoms with van der Waals surface area (Å²) in [5, 5.41) is 3.76. The molecule has 1 aliphatic heterocycles. The van der Waals surface area contributed by atoms with Crippen molar-refractivity contribution >= 4 is 5.91 Å². The van der Waals surface area contributed by atoms with E-state index in [0.29, 0.717) is 35.5 Å². The Morgan fingerprint density at radius 3 is 2.38 bits per heavy atom. The first-order valence-corrected chi connectivity index (χ1v) is 9.12. The van der Waals surface area contributed by atoms with E-state index in [2.05, 4.69) is 10.1 Å². The Balaban J connectivity index is 1.59. The van der Waals surface area contributed by atoms with Crippen LogP contribution >= 0.6 is 0 Å². The third kappa shape index (κ3) is 3.28. The van der Waals surface area contributed by atoms with E-state index < -0.39 is 23.0 Å². The number of carbonyl (C=O) groups excluding carboxylic acids is 1. The summed E-state index contributed by atoms with van der Waals surface area (Å²) < 4.78 is 45.5. The maximum atomic E-state index is 13.7. The number of halogens is 3. The molecule has 0 bridgehead atoms. The van der Waals surface area contributed by atoms with E-state index in [-0.39, 0.29) is 11.8 Å². The summed E-state index contributed by atoms with van der Waals surface area (Å²) in [6.07, 6.45) is 1.74. The molecule has 1 amide bonds. The SMILES string of the molecule is CC1(C)C(c2cc(F)c(F)c(F)c2)CCN1C(=O)c1ccc(-c2ncon2)cc1. The summed E-state index contributed by atoms with van der Waals surface area (Å²) in [7, 11) is 0. The second-order valence-corrected chi connectivity index (χ2v) is 7.58. The van der Waals surface area contributed by atoms with Gasteiger partial charge in [-0.05, 0) is 50.1 Å². The van der Waals surface area contributed by atoms with Crippen molar-refractivity contribution in [1.82, 2.24) is 15.0 Å². The van der Waals surface area contributed by atoms with Crippen molar-refractivity contribution in [3.8, 4) is 11.4 Å². The summed E-state index contributed by atoms with van der Waals surface area (Å²) in [6.45, 7) is 4.11. The van der Waals surface area contributed by atoms with Crippen LogP contribution in [-0.4, -0.2) is 33.0 Å². The van der Waals surface area contributed by atoms with Gasteiger partial charge in [0.15, 0.2) is 17.5 Å². The lowest BCUT2D eigenvalue weighted by molar-refractivity contribution is 0.0635. The molecule has 1 unspecified atom stereocenters. The van der Waals surface area contributed by atoms with Gasteiger partial charge in [0.25, 0.3) is 5.91 Å². The zero-order chi connectivity index (χ0) is 20.8. The molecule has 0 N–H and O–H groups in total. The molecule has 0 spiro atoms. The van der Waals surface area contributed by atoms with Crippen LogP contribution in [0.15, 0.2) is 47.3 Å². The lowest BCUT2D eigenvalue weighted by Gasteiger charge is -2.36. The van der Waals surface area contributed by atoms with Gasteiger partial charge in [-0.1, -0.05) is 17.3 Å². The zero-order valence-electron chi connectivity index (χ0n) is 15.8. The van der Waals surface area contributed by atoms with Crippen molar-refractivity contribution in [1.29, 1.82) is 0 Å². The summed E-state index contributed by atoms with van der Waals surface area (Å²) in [6, 6.07) is 8.83. The average Bonchev–Trinajstić information content (AvgIpc) is 3.33. The van der Waals surface area contributed by atoms with E-state index in [0.717, 1.165) is 12.1 Å². The van der Waals surface area contributed by atoms with Gasteiger partial charge in [-0.2, -0.15) is 4.98 Å². The summed E-state index contributed by atoms with van der Waals surface area (Å²) >= 11 is 0. The van der Waals surface area contributed by atoms with Crippen LogP contribution in [0.4, 0.5) is 13.2 Å². The zero-order valence-corrected chi connectivity index (χ0v) is 15.8. The topological polar surface area (TPSA) is 59.2 Å². The van der Waals surface area contributed by atoms with Crippen LogP contribution in [0, 0.1) is 17.5 Å². The molecular weight excluding hydrogens is 383 g/mol. The van der Waals surface area contributed by atoms with Gasteiger partial charge in [0.2, 0.25) is 12.2 Å². The highest BCUT2D eigenvalue weighted by Gasteiger charge is 2.45. The van der Waals surface area contributed by atoms with Gasteiger partial charge in [-0.25, -0.2) is 13.2 Å². The molecule has 0 aliphatic carbocycles. The van der Waals surface area contributed by atoms with Crippen molar-refractivity contribution in [2.24, 2.45) is 0 Å². The van der Waals surface area contributed by atoms with Crippen molar-refractivity contribution < 1.29 is 22.5 Å². The lowest BCUT2D eigenvalue weighted by atomic mass is 9.82. The van der Waals surface area contributed by atoms with Gasteiger partial charge in [0.1, 0.15) is 0 Å². The number of likely N-dealkylation sites (tertiary alicyclic amines) is 1. The highest BCUT2D eigenvalue weighted by Crippen LogP contribution is 2.43. The molecule has 3 aromatic rings. The van der Waals surface area contributed by atoms with Gasteiger partial charge >= 0.3 is 0 Å². The van der Waals surface area contributed by atoms with Crippen molar-refractivity contribution in [3.63, 3.8) is 0 Å². The molecule has 1 aromatic heterocycles. The molecule has 1 atom stereocenters. The molecule has 0 saturated carbocycles. The maximum absolute atomic E-state index is 13.7. The van der Waals surface area contributed by atoms with Crippen LogP contribution < -0.4 is 0 Å². The van der Waals surface area contributed by atoms with E-state index in [4.69, 9.17) is 4.52 Å². The first-order valence-electron chi connectivity index (χ1n) is 9.12. The smallest absolute Gasteiger partial charge is 0.254 e. The Morgan fingerprint density at radius 1 is 1.14 bits per heavy atom. The van der Waals surface area contributed by atoms with Crippen LogP contribution in [0.3, 0.4) is 0 Å². The molecule has 1 saturated heterocycles. The fraction of sp³-hybridized carbons (Fsp3) is 0.286. The minimum atomic E-state index is -1.49. The minimum absolute atomic E-state index is 0.194. The largest absolute Gasteiger partial charge is 0.342 e. The van der Waals surface area contributed by atoms with Crippen LogP contribution in [-0.2, 0) is 0 Å². The molecule has 2 heterocycles. The number of carbonyl (C=O) groups is 1. The van der Waals surface area contributed by atoms with Gasteiger partial charge in [0, 0.05) is 29.1 Å². The van der Waals surface area contributed by atoms with Crippen LogP contribution in [0.25, 0.3) is 11.4 Å². The van der Waals surface area contributed by atoms with Gasteiger partial charge in [-0.3, -0.25) is 4.79 Å². The Bertz CT molecular complexity index is 1030. The van der Waals surface area contributed by atoms with Gasteiger partial charge in [0.05, 0.1) is 0 Å². The lowest BCUT2D eigenvalue weighted by Crippen LogP contribution is -2.45. The molecule has 4 rings (SSSR count). The average molecular weight is 401 g/mol. The standard InChI is InChI=1S/C21H18F3N3O2/c1-21(2)15(14-9-16(22)18(24)17(23)10-14)7-8-27(21)20(28)13-5-3-12(4-6-13)19-25-11-29-26-19/h3-6,9-11,15H,7-8H2,1-2H3. The summed E-state index contributed by atoms with van der Waals surface area (Å²) in [5.74, 6) is -4.03. The van der Waals surface area contributed by atoms with Crippen molar-refractivity contribution in [2.45, 2.75) is 31.7 Å². The second-order valence-electron chi connectivity index (χ2n) is 7.58. The summed E-state index contributed by atoms with van der Waals surface area (Å²) in [4.78, 5) is 18.7. The number of amides is 1. The van der Waals surface area contributed by atoms with E-state index in [1.54, 1.807) is 29.2 Å². The third-order valence-electron chi connectivity index (χ3n) is 5.59. The van der Waals surface area contributed by atoms with E-state index >= 15 is 0 Å². The van der Waals surface area contributed by atoms with Crippen LogP contribution in [0.1, 0.15) is 42.1 Å². The highest BCUT2D eigenvalue weighted by atomic mass is 19.2. The molecule has 2 aromatic carbocycles. The first kappa shape index (κ1) is 19.2. The number of hydrogen-bond acceptors (Lipinski definition) is 4. The number of hydrogen-bond donors (Lipinski definition) is 0. The minimum Gasteiger partial charge on any atom is -0.342 e. The second kappa shape index (κ2) is 7.02. The number of nitrogens with zero attached hydrogens (tertiary/aromatic N) is 3. The fourth-order valence-electron chi connectivity index (χ4n) is 4.02. The number of benzene rings is 2. The fourth-order valence-corrected chi connectivity index (χ4v) is 4.02. The molecule has 0 radical (unpaired) electrons. The first-order chi connectivity index (χ1) is 13.8. The maximum Gasteiger partial charge on any atom is 0.254 e. The van der Waals surface area contributed by atoms with E-state index in [1.807, 2.05) is 13.8 Å². The molecule has 29 heavy (non-hydrogen) atoms. The molecule has 5 nitrogen and oxygen atoms in total. The van der Waals surface area contributed by atoms with Crippen molar-refractivity contribution in [2.75, 3.05) is 6.54 Å². The molecule has 8 heteroatoms. The monoisotopic (exact) mass is 401 g/mol. The number of aromatic nitrogens is 2. The normalized spacial score (nSPS) is 18.2. The quantitative estimate of drug-likeness (QED) is 0.604. The summed E-state index contributed by atoms with van der Waals surface area (Å²) in [5.41, 5.74) is 0.822. The Labute approximate surface area is 165 Å². The highest BCUT2D eigenvalue weighted by molar-refractivity contribution is 5.95. The van der Waals surface area contributed by atoms with Crippen LogP contribution in [0.2, 0.25) is 0 Å². The Hall–Kier alpha value is -3.16. The van der Waals surface area contributed by atoms with Crippen LogP contribution in [0.5, 0.6) is 0 Å². The van der Waals surface area contributed by atoms with Gasteiger partial charge in [-0.15, -0.1) is 0 Å². The molecule has 1 aliphatic rings. The predicted octanol–water partition coefficient (Wildman–Crippen LogP) is 4.56.